The van der Waals surface area contributed by atoms with Crippen molar-refractivity contribution in [3.05, 3.63) is 54.7 Å². The Morgan fingerprint density at radius 3 is 2.69 bits per heavy atom. The molecule has 3 aromatic rings. The van der Waals surface area contributed by atoms with Crippen LogP contribution in [0.3, 0.4) is 0 Å². The number of sulfonamides is 1. The average molecular weight is 371 g/mol. The number of nitrogens with one attached hydrogen (secondary N) is 1. The molecule has 26 heavy (non-hydrogen) atoms. The molecule has 0 aliphatic carbocycles. The van der Waals surface area contributed by atoms with Crippen LogP contribution in [0, 0.1) is 0 Å². The smallest absolute Gasteiger partial charge is 0.243 e. The molecule has 1 aliphatic rings. The quantitative estimate of drug-likeness (QED) is 0.739. The van der Waals surface area contributed by atoms with Gasteiger partial charge in [0.25, 0.3) is 0 Å². The third-order valence-corrected chi connectivity index (χ3v) is 6.96. The van der Waals surface area contributed by atoms with Crippen molar-refractivity contribution < 1.29 is 13.5 Å². The van der Waals surface area contributed by atoms with E-state index in [0.29, 0.717) is 18.0 Å². The van der Waals surface area contributed by atoms with Gasteiger partial charge in [0.05, 0.1) is 4.90 Å². The number of phenols is 1. The number of aromatic nitrogens is 1. The molecule has 6 nitrogen and oxygen atoms in total. The van der Waals surface area contributed by atoms with Gasteiger partial charge in [0.15, 0.2) is 0 Å². The second kappa shape index (κ2) is 6.34. The lowest BCUT2D eigenvalue weighted by Gasteiger charge is -2.27. The van der Waals surface area contributed by atoms with Crippen LogP contribution in [0.25, 0.3) is 10.9 Å². The summed E-state index contributed by atoms with van der Waals surface area (Å²) in [6.45, 7) is 0.945. The van der Waals surface area contributed by atoms with Crippen molar-refractivity contribution in [3.8, 4) is 5.75 Å². The van der Waals surface area contributed by atoms with Crippen molar-refractivity contribution in [1.82, 2.24) is 9.29 Å². The summed E-state index contributed by atoms with van der Waals surface area (Å²) in [4.78, 5) is 5.46. The zero-order chi connectivity index (χ0) is 18.3. The fourth-order valence-corrected chi connectivity index (χ4v) is 5.00. The summed E-state index contributed by atoms with van der Waals surface area (Å²) < 4.78 is 27.6. The lowest BCUT2D eigenvalue weighted by atomic mass is 10.2. The fourth-order valence-electron chi connectivity index (χ4n) is 3.48. The van der Waals surface area contributed by atoms with Crippen LogP contribution in [0.5, 0.6) is 5.75 Å². The number of nitrogens with zero attached hydrogens (tertiary/aromatic N) is 2. The standard InChI is InChI=1S/C19H21N3O3S/c1-21(15-3-5-17(23)6-4-15)16-9-11-22(13-16)26(24,25)18-7-2-14-8-10-20-19(14)12-18/h2-8,10,12,16,20,23H,9,11,13H2,1H3/t16-/m0/s1. The lowest BCUT2D eigenvalue weighted by molar-refractivity contribution is 0.470. The van der Waals surface area contributed by atoms with Gasteiger partial charge in [-0.25, -0.2) is 8.42 Å². The van der Waals surface area contributed by atoms with E-state index in [1.165, 1.54) is 0 Å². The minimum atomic E-state index is -3.52. The molecule has 7 heteroatoms. The molecule has 1 aliphatic heterocycles. The van der Waals surface area contributed by atoms with Gasteiger partial charge in [-0.15, -0.1) is 0 Å². The third kappa shape index (κ3) is 2.93. The molecular weight excluding hydrogens is 350 g/mol. The minimum Gasteiger partial charge on any atom is -0.508 e. The highest BCUT2D eigenvalue weighted by Crippen LogP contribution is 2.28. The first-order valence-corrected chi connectivity index (χ1v) is 9.98. The van der Waals surface area contributed by atoms with Gasteiger partial charge in [0.1, 0.15) is 5.75 Å². The first-order valence-electron chi connectivity index (χ1n) is 8.54. The van der Waals surface area contributed by atoms with E-state index in [1.807, 2.05) is 31.3 Å². The normalized spacial score (nSPS) is 18.4. The van der Waals surface area contributed by atoms with Crippen molar-refractivity contribution in [2.24, 2.45) is 0 Å². The van der Waals surface area contributed by atoms with Gasteiger partial charge in [0.2, 0.25) is 10.0 Å². The van der Waals surface area contributed by atoms with Crippen molar-refractivity contribution >= 4 is 26.6 Å². The van der Waals surface area contributed by atoms with Crippen LogP contribution in [0.2, 0.25) is 0 Å². The Morgan fingerprint density at radius 1 is 1.15 bits per heavy atom. The monoisotopic (exact) mass is 371 g/mol. The van der Waals surface area contributed by atoms with E-state index in [-0.39, 0.29) is 11.8 Å². The van der Waals surface area contributed by atoms with Gasteiger partial charge in [-0.05, 0) is 54.3 Å². The summed E-state index contributed by atoms with van der Waals surface area (Å²) in [5.74, 6) is 0.220. The molecule has 2 aromatic carbocycles. The van der Waals surface area contributed by atoms with Crippen LogP contribution in [0.15, 0.2) is 59.6 Å². The second-order valence-electron chi connectivity index (χ2n) is 6.66. The number of hydrogen-bond acceptors (Lipinski definition) is 4. The van der Waals surface area contributed by atoms with Crippen LogP contribution in [0.4, 0.5) is 5.69 Å². The zero-order valence-corrected chi connectivity index (χ0v) is 15.3. The molecule has 0 bridgehead atoms. The van der Waals surface area contributed by atoms with Crippen LogP contribution < -0.4 is 4.90 Å². The topological polar surface area (TPSA) is 76.6 Å². The van der Waals surface area contributed by atoms with E-state index < -0.39 is 10.0 Å². The van der Waals surface area contributed by atoms with Gasteiger partial charge >= 0.3 is 0 Å². The van der Waals surface area contributed by atoms with Crippen LogP contribution in [-0.2, 0) is 10.0 Å². The first-order chi connectivity index (χ1) is 12.4. The maximum Gasteiger partial charge on any atom is 0.243 e. The maximum absolute atomic E-state index is 13.0. The Balaban J connectivity index is 1.54. The molecule has 0 saturated carbocycles. The van der Waals surface area contributed by atoms with Gasteiger partial charge in [-0.2, -0.15) is 4.31 Å². The zero-order valence-electron chi connectivity index (χ0n) is 14.5. The molecule has 1 saturated heterocycles. The number of likely N-dealkylation sites (N-methyl/N-ethyl adjacent to an activating group) is 1. The summed E-state index contributed by atoms with van der Waals surface area (Å²) in [5, 5.41) is 10.4. The Hall–Kier alpha value is -2.51. The molecule has 2 heterocycles. The van der Waals surface area contributed by atoms with E-state index >= 15 is 0 Å². The van der Waals surface area contributed by atoms with E-state index in [0.717, 1.165) is 23.0 Å². The van der Waals surface area contributed by atoms with Crippen molar-refractivity contribution in [3.63, 3.8) is 0 Å². The summed E-state index contributed by atoms with van der Waals surface area (Å²) in [6, 6.07) is 14.2. The Morgan fingerprint density at radius 2 is 1.92 bits per heavy atom. The number of rotatable bonds is 4. The number of hydrogen-bond donors (Lipinski definition) is 2. The number of anilines is 1. The molecule has 1 atom stereocenters. The van der Waals surface area contributed by atoms with Gasteiger partial charge in [0, 0.05) is 43.6 Å². The number of phenolic OH excluding ortho intramolecular Hbond substituents is 1. The molecular formula is C19H21N3O3S. The summed E-state index contributed by atoms with van der Waals surface area (Å²) >= 11 is 0. The molecule has 1 aromatic heterocycles. The molecule has 0 amide bonds. The van der Waals surface area contributed by atoms with E-state index in [2.05, 4.69) is 9.88 Å². The molecule has 2 N–H and O–H groups in total. The van der Waals surface area contributed by atoms with Crippen molar-refractivity contribution in [2.75, 3.05) is 25.0 Å². The van der Waals surface area contributed by atoms with E-state index in [9.17, 15) is 13.5 Å². The Bertz CT molecular complexity index is 1030. The number of fused-ring (bicyclic) bond motifs is 1. The average Bonchev–Trinajstić information content (AvgIpc) is 3.31. The first kappa shape index (κ1) is 16.9. The van der Waals surface area contributed by atoms with Crippen molar-refractivity contribution in [1.29, 1.82) is 0 Å². The highest BCUT2D eigenvalue weighted by atomic mass is 32.2. The molecule has 1 fully saturated rings. The molecule has 136 valence electrons. The summed E-state index contributed by atoms with van der Waals surface area (Å²) in [7, 11) is -1.56. The van der Waals surface area contributed by atoms with Crippen molar-refractivity contribution in [2.45, 2.75) is 17.4 Å². The lowest BCUT2D eigenvalue weighted by Crippen LogP contribution is -2.36. The number of H-pyrrole nitrogens is 1. The summed E-state index contributed by atoms with van der Waals surface area (Å²) in [6.07, 6.45) is 2.57. The highest BCUT2D eigenvalue weighted by molar-refractivity contribution is 7.89. The predicted molar refractivity (Wildman–Crippen MR) is 102 cm³/mol. The maximum atomic E-state index is 13.0. The number of benzene rings is 2. The fraction of sp³-hybridized carbons (Fsp3) is 0.263. The Labute approximate surface area is 152 Å². The molecule has 0 spiro atoms. The van der Waals surface area contributed by atoms with Gasteiger partial charge < -0.3 is 15.0 Å². The molecule has 0 unspecified atom stereocenters. The largest absolute Gasteiger partial charge is 0.508 e. The SMILES string of the molecule is CN(c1ccc(O)cc1)[C@H]1CCN(S(=O)(=O)c2ccc3cc[nH]c3c2)C1. The van der Waals surface area contributed by atoms with E-state index in [1.54, 1.807) is 34.8 Å². The minimum absolute atomic E-state index is 0.100. The van der Waals surface area contributed by atoms with Gasteiger partial charge in [-0.3, -0.25) is 0 Å². The number of aromatic amines is 1. The van der Waals surface area contributed by atoms with Crippen LogP contribution >= 0.6 is 0 Å². The Kier molecular flexibility index (Phi) is 4.13. The van der Waals surface area contributed by atoms with Crippen LogP contribution in [-0.4, -0.2) is 49.0 Å². The summed E-state index contributed by atoms with van der Waals surface area (Å²) in [5.41, 5.74) is 1.78. The van der Waals surface area contributed by atoms with Crippen LogP contribution in [0.1, 0.15) is 6.42 Å². The molecule has 4 rings (SSSR count). The predicted octanol–water partition coefficient (Wildman–Crippen LogP) is 2.77. The van der Waals surface area contributed by atoms with Gasteiger partial charge in [-0.1, -0.05) is 6.07 Å². The third-order valence-electron chi connectivity index (χ3n) is 5.10. The highest BCUT2D eigenvalue weighted by Gasteiger charge is 2.34. The number of aromatic hydroxyl groups is 1. The molecule has 0 radical (unpaired) electrons. The van der Waals surface area contributed by atoms with E-state index in [4.69, 9.17) is 0 Å². The second-order valence-corrected chi connectivity index (χ2v) is 8.60.